The Morgan fingerprint density at radius 3 is 2.72 bits per heavy atom. The zero-order valence-corrected chi connectivity index (χ0v) is 14.1. The number of halogens is 1. The molecule has 7 heteroatoms. The van der Waals surface area contributed by atoms with Crippen molar-refractivity contribution in [2.45, 2.75) is 0 Å². The predicted octanol–water partition coefficient (Wildman–Crippen LogP) is 2.68. The first kappa shape index (κ1) is 15.8. The molecule has 6 nitrogen and oxygen atoms in total. The van der Waals surface area contributed by atoms with Crippen molar-refractivity contribution in [3.63, 3.8) is 0 Å². The molecule has 1 saturated heterocycles. The van der Waals surface area contributed by atoms with Gasteiger partial charge in [0.1, 0.15) is 0 Å². The fourth-order valence-corrected chi connectivity index (χ4v) is 3.25. The number of benzene rings is 1. The summed E-state index contributed by atoms with van der Waals surface area (Å²) in [5.41, 5.74) is 2.18. The summed E-state index contributed by atoms with van der Waals surface area (Å²) in [6.45, 7) is 2.46. The summed E-state index contributed by atoms with van der Waals surface area (Å²) in [6, 6.07) is 8.71. The van der Waals surface area contributed by atoms with Gasteiger partial charge < -0.3 is 19.5 Å². The van der Waals surface area contributed by atoms with Crippen molar-refractivity contribution in [1.82, 2.24) is 9.80 Å². The highest BCUT2D eigenvalue weighted by atomic mass is 35.5. The standard InChI is InChI=1S/C18H16ClN3O3/c19-12-3-4-15-13(10-12)14(17(23)20-15)11-21-5-7-22(8-6-21)18(24)16-2-1-9-25-16/h1-4,9-11H,5-8H2,(H,20,23)/b14-11+. The average Bonchev–Trinajstić information content (AvgIpc) is 3.24. The van der Waals surface area contributed by atoms with Crippen molar-refractivity contribution in [2.75, 3.05) is 31.5 Å². The van der Waals surface area contributed by atoms with Gasteiger partial charge in [0.25, 0.3) is 11.8 Å². The lowest BCUT2D eigenvalue weighted by Crippen LogP contribution is -2.46. The Morgan fingerprint density at radius 2 is 2.00 bits per heavy atom. The van der Waals surface area contributed by atoms with Crippen molar-refractivity contribution >= 4 is 34.7 Å². The smallest absolute Gasteiger partial charge is 0.289 e. The van der Waals surface area contributed by atoms with E-state index >= 15 is 0 Å². The first-order valence-electron chi connectivity index (χ1n) is 8.02. The van der Waals surface area contributed by atoms with E-state index in [0.717, 1.165) is 11.3 Å². The second kappa shape index (κ2) is 6.29. The van der Waals surface area contributed by atoms with E-state index in [2.05, 4.69) is 10.2 Å². The van der Waals surface area contributed by atoms with Crippen LogP contribution in [0.15, 0.2) is 47.2 Å². The zero-order valence-electron chi connectivity index (χ0n) is 13.4. The maximum atomic E-state index is 12.3. The van der Waals surface area contributed by atoms with Crippen LogP contribution in [0.1, 0.15) is 16.1 Å². The molecule has 2 aliphatic heterocycles. The summed E-state index contributed by atoms with van der Waals surface area (Å²) in [7, 11) is 0. The first-order valence-corrected chi connectivity index (χ1v) is 8.39. The number of fused-ring (bicyclic) bond motifs is 1. The second-order valence-corrected chi connectivity index (χ2v) is 6.43. The van der Waals surface area contributed by atoms with Crippen LogP contribution < -0.4 is 5.32 Å². The number of nitrogens with zero attached hydrogens (tertiary/aromatic N) is 2. The molecule has 4 rings (SSSR count). The SMILES string of the molecule is O=C1Nc2ccc(Cl)cc2/C1=C\N1CCN(C(=O)c2ccco2)CC1. The van der Waals surface area contributed by atoms with Crippen LogP contribution in [0.5, 0.6) is 0 Å². The molecule has 0 aliphatic carbocycles. The van der Waals surface area contributed by atoms with Gasteiger partial charge in [-0.25, -0.2) is 0 Å². The molecule has 1 N–H and O–H groups in total. The third-order valence-electron chi connectivity index (χ3n) is 4.41. The highest BCUT2D eigenvalue weighted by Gasteiger charge is 2.27. The maximum Gasteiger partial charge on any atom is 0.289 e. The minimum atomic E-state index is -0.133. The fourth-order valence-electron chi connectivity index (χ4n) is 3.08. The van der Waals surface area contributed by atoms with Gasteiger partial charge in [-0.15, -0.1) is 0 Å². The molecule has 1 aromatic heterocycles. The van der Waals surface area contributed by atoms with Crippen LogP contribution in [0.2, 0.25) is 5.02 Å². The van der Waals surface area contributed by atoms with Crippen molar-refractivity contribution in [3.05, 3.63) is 59.1 Å². The second-order valence-electron chi connectivity index (χ2n) is 5.99. The lowest BCUT2D eigenvalue weighted by Gasteiger charge is -2.33. The maximum absolute atomic E-state index is 12.3. The van der Waals surface area contributed by atoms with Crippen LogP contribution >= 0.6 is 11.6 Å². The molecule has 0 atom stereocenters. The average molecular weight is 358 g/mol. The lowest BCUT2D eigenvalue weighted by molar-refractivity contribution is -0.110. The van der Waals surface area contributed by atoms with E-state index in [1.807, 2.05) is 6.20 Å². The Bertz CT molecular complexity index is 852. The van der Waals surface area contributed by atoms with Gasteiger partial charge in [0.05, 0.1) is 11.8 Å². The number of nitrogens with one attached hydrogen (secondary N) is 1. The van der Waals surface area contributed by atoms with Gasteiger partial charge in [0, 0.05) is 48.7 Å². The van der Waals surface area contributed by atoms with Crippen molar-refractivity contribution in [2.24, 2.45) is 0 Å². The van der Waals surface area contributed by atoms with E-state index < -0.39 is 0 Å². The molecule has 2 amide bonds. The summed E-state index contributed by atoms with van der Waals surface area (Å²) in [5.74, 6) is 0.116. The van der Waals surface area contributed by atoms with Gasteiger partial charge in [-0.2, -0.15) is 0 Å². The Morgan fingerprint density at radius 1 is 1.20 bits per heavy atom. The van der Waals surface area contributed by atoms with E-state index in [1.54, 1.807) is 35.2 Å². The summed E-state index contributed by atoms with van der Waals surface area (Å²) >= 11 is 6.05. The van der Waals surface area contributed by atoms with Crippen molar-refractivity contribution < 1.29 is 14.0 Å². The minimum absolute atomic E-state index is 0.104. The topological polar surface area (TPSA) is 65.8 Å². The Labute approximate surface area is 149 Å². The van der Waals surface area contributed by atoms with Gasteiger partial charge >= 0.3 is 0 Å². The van der Waals surface area contributed by atoms with E-state index in [0.29, 0.717) is 42.5 Å². The van der Waals surface area contributed by atoms with Crippen molar-refractivity contribution in [3.8, 4) is 0 Å². The molecule has 3 heterocycles. The molecule has 25 heavy (non-hydrogen) atoms. The fraction of sp³-hybridized carbons (Fsp3) is 0.222. The normalized spacial score (nSPS) is 18.4. The molecular weight excluding hydrogens is 342 g/mol. The Kier molecular flexibility index (Phi) is 3.97. The number of furan rings is 1. The Balaban J connectivity index is 1.47. The Hall–Kier alpha value is -2.73. The minimum Gasteiger partial charge on any atom is -0.459 e. The number of hydrogen-bond donors (Lipinski definition) is 1. The number of carbonyl (C=O) groups is 2. The van der Waals surface area contributed by atoms with Crippen LogP contribution in [-0.4, -0.2) is 47.8 Å². The zero-order chi connectivity index (χ0) is 17.4. The molecule has 0 spiro atoms. The van der Waals surface area contributed by atoms with Crippen LogP contribution in [0.3, 0.4) is 0 Å². The molecule has 1 fully saturated rings. The number of rotatable bonds is 2. The number of piperazine rings is 1. The van der Waals surface area contributed by atoms with E-state index in [-0.39, 0.29) is 11.8 Å². The number of amides is 2. The van der Waals surface area contributed by atoms with E-state index in [1.165, 1.54) is 6.26 Å². The molecule has 128 valence electrons. The summed E-state index contributed by atoms with van der Waals surface area (Å²) in [5, 5.41) is 3.43. The molecule has 0 saturated carbocycles. The molecule has 2 aliphatic rings. The number of anilines is 1. The summed E-state index contributed by atoms with van der Waals surface area (Å²) in [4.78, 5) is 28.3. The van der Waals surface area contributed by atoms with Crippen molar-refractivity contribution in [1.29, 1.82) is 0 Å². The van der Waals surface area contributed by atoms with Crippen LogP contribution in [0.25, 0.3) is 5.57 Å². The summed E-state index contributed by atoms with van der Waals surface area (Å²) in [6.07, 6.45) is 3.35. The van der Waals surface area contributed by atoms with E-state index in [4.69, 9.17) is 16.0 Å². The molecule has 0 bridgehead atoms. The van der Waals surface area contributed by atoms with Gasteiger partial charge in [0.2, 0.25) is 0 Å². The molecule has 0 unspecified atom stereocenters. The van der Waals surface area contributed by atoms with Gasteiger partial charge in [-0.3, -0.25) is 9.59 Å². The summed E-state index contributed by atoms with van der Waals surface area (Å²) < 4.78 is 5.17. The highest BCUT2D eigenvalue weighted by Crippen LogP contribution is 2.34. The van der Waals surface area contributed by atoms with E-state index in [9.17, 15) is 9.59 Å². The molecule has 1 aromatic carbocycles. The largest absolute Gasteiger partial charge is 0.459 e. The monoisotopic (exact) mass is 357 g/mol. The van der Waals surface area contributed by atoms with Gasteiger partial charge in [-0.1, -0.05) is 11.6 Å². The third-order valence-corrected chi connectivity index (χ3v) is 4.64. The lowest BCUT2D eigenvalue weighted by atomic mass is 10.1. The van der Waals surface area contributed by atoms with Crippen LogP contribution in [0, 0.1) is 0 Å². The number of carbonyl (C=O) groups excluding carboxylic acids is 2. The molecule has 0 radical (unpaired) electrons. The predicted molar refractivity (Wildman–Crippen MR) is 94.2 cm³/mol. The third kappa shape index (κ3) is 3.00. The highest BCUT2D eigenvalue weighted by molar-refractivity contribution is 6.34. The van der Waals surface area contributed by atoms with Crippen LogP contribution in [-0.2, 0) is 4.79 Å². The van der Waals surface area contributed by atoms with Gasteiger partial charge in [-0.05, 0) is 30.3 Å². The quantitative estimate of drug-likeness (QED) is 0.839. The van der Waals surface area contributed by atoms with Gasteiger partial charge in [0.15, 0.2) is 5.76 Å². The molecule has 2 aromatic rings. The number of hydrogen-bond acceptors (Lipinski definition) is 4. The van der Waals surface area contributed by atoms with Crippen LogP contribution in [0.4, 0.5) is 5.69 Å². The first-order chi connectivity index (χ1) is 12.1. The molecular formula is C18H16ClN3O3.